The van der Waals surface area contributed by atoms with Crippen molar-refractivity contribution in [3.63, 3.8) is 0 Å². The normalized spacial score (nSPS) is 11.3. The average Bonchev–Trinajstić information content (AvgIpc) is 2.97. The van der Waals surface area contributed by atoms with Gasteiger partial charge in [-0.15, -0.1) is 10.2 Å². The number of nitrogens with one attached hydrogen (secondary N) is 2. The predicted octanol–water partition coefficient (Wildman–Crippen LogP) is -0.953. The van der Waals surface area contributed by atoms with Crippen LogP contribution in [0.1, 0.15) is 16.2 Å². The summed E-state index contributed by atoms with van der Waals surface area (Å²) in [5.41, 5.74) is 5.65. The number of nitrogens with zero attached hydrogens (tertiary/aromatic N) is 3. The summed E-state index contributed by atoms with van der Waals surface area (Å²) in [5, 5.41) is 12.7. The third kappa shape index (κ3) is 3.32. The van der Waals surface area contributed by atoms with Gasteiger partial charge in [0, 0.05) is 5.69 Å². The van der Waals surface area contributed by atoms with Crippen LogP contribution in [0.3, 0.4) is 0 Å². The zero-order chi connectivity index (χ0) is 15.5. The maximum Gasteiger partial charge on any atom is 0.339 e. The van der Waals surface area contributed by atoms with Crippen molar-refractivity contribution in [3.05, 3.63) is 29.6 Å². The number of esters is 1. The molecule has 1 heterocycles. The summed E-state index contributed by atoms with van der Waals surface area (Å²) in [4.78, 5) is 11.4. The van der Waals surface area contributed by atoms with Gasteiger partial charge in [-0.3, -0.25) is 0 Å². The highest BCUT2D eigenvalue weighted by molar-refractivity contribution is 7.89. The highest BCUT2D eigenvalue weighted by Crippen LogP contribution is 2.19. The van der Waals surface area contributed by atoms with Gasteiger partial charge in [-0.2, -0.15) is 5.21 Å². The number of sulfonamides is 1. The van der Waals surface area contributed by atoms with E-state index in [4.69, 9.17) is 5.73 Å². The van der Waals surface area contributed by atoms with Crippen LogP contribution in [0.2, 0.25) is 0 Å². The Balaban J connectivity index is 2.33. The largest absolute Gasteiger partial charge is 0.465 e. The second-order valence-corrected chi connectivity index (χ2v) is 5.64. The second-order valence-electron chi connectivity index (χ2n) is 3.90. The molecule has 0 radical (unpaired) electrons. The lowest BCUT2D eigenvalue weighted by atomic mass is 10.2. The Morgan fingerprint density at radius 1 is 1.48 bits per heavy atom. The van der Waals surface area contributed by atoms with Gasteiger partial charge in [0.1, 0.15) is 0 Å². The quantitative estimate of drug-likeness (QED) is 0.471. The van der Waals surface area contributed by atoms with Crippen molar-refractivity contribution in [2.24, 2.45) is 0 Å². The Kier molecular flexibility index (Phi) is 4.14. The third-order valence-corrected chi connectivity index (χ3v) is 3.97. The number of carbonyl (C=O) groups is 1. The number of rotatable bonds is 5. The van der Waals surface area contributed by atoms with Crippen molar-refractivity contribution >= 4 is 21.7 Å². The first-order chi connectivity index (χ1) is 9.94. The number of carbonyl (C=O) groups excluding carboxylic acids is 1. The number of aromatic amines is 1. The molecule has 1 aromatic heterocycles. The van der Waals surface area contributed by atoms with Crippen LogP contribution in [0.4, 0.5) is 5.69 Å². The minimum atomic E-state index is -3.97. The zero-order valence-electron chi connectivity index (χ0n) is 10.9. The molecular weight excluding hydrogens is 300 g/mol. The van der Waals surface area contributed by atoms with E-state index in [2.05, 4.69) is 30.1 Å². The Morgan fingerprint density at radius 2 is 2.24 bits per heavy atom. The van der Waals surface area contributed by atoms with E-state index in [0.29, 0.717) is 0 Å². The van der Waals surface area contributed by atoms with Crippen LogP contribution in [0, 0.1) is 0 Å². The number of H-pyrrole nitrogens is 1. The molecule has 11 heteroatoms. The standard InChI is InChI=1S/C10H12N6O4S/c1-20-10(17)7-4-6(11)2-3-8(7)21(18,19)12-5-9-13-15-16-14-9/h2-4,12H,5,11H2,1H3,(H,13,14,15,16). The van der Waals surface area contributed by atoms with Crippen LogP contribution in [0.25, 0.3) is 0 Å². The van der Waals surface area contributed by atoms with Gasteiger partial charge in [0.15, 0.2) is 5.82 Å². The Bertz CT molecular complexity index is 743. The number of benzene rings is 1. The monoisotopic (exact) mass is 312 g/mol. The molecule has 0 fully saturated rings. The molecule has 0 aliphatic heterocycles. The van der Waals surface area contributed by atoms with Crippen LogP contribution in [-0.4, -0.2) is 42.1 Å². The van der Waals surface area contributed by atoms with Gasteiger partial charge in [0.25, 0.3) is 0 Å². The molecule has 0 bridgehead atoms. The lowest BCUT2D eigenvalue weighted by Crippen LogP contribution is -2.26. The fourth-order valence-electron chi connectivity index (χ4n) is 1.55. The first-order valence-electron chi connectivity index (χ1n) is 5.64. The second kappa shape index (κ2) is 5.85. The highest BCUT2D eigenvalue weighted by atomic mass is 32.2. The van der Waals surface area contributed by atoms with E-state index in [0.717, 1.165) is 7.11 Å². The SMILES string of the molecule is COC(=O)c1cc(N)ccc1S(=O)(=O)NCc1nn[nH]n1. The topological polar surface area (TPSA) is 153 Å². The number of aromatic nitrogens is 4. The minimum absolute atomic E-state index is 0.155. The number of methoxy groups -OCH3 is 1. The van der Waals surface area contributed by atoms with E-state index in [1.54, 1.807) is 0 Å². The van der Waals surface area contributed by atoms with Gasteiger partial charge in [-0.25, -0.2) is 17.9 Å². The first-order valence-corrected chi connectivity index (χ1v) is 7.12. The third-order valence-electron chi connectivity index (χ3n) is 2.51. The molecule has 0 saturated carbocycles. The van der Waals surface area contributed by atoms with Gasteiger partial charge < -0.3 is 10.5 Å². The summed E-state index contributed by atoms with van der Waals surface area (Å²) < 4.78 is 31.3. The summed E-state index contributed by atoms with van der Waals surface area (Å²) in [6, 6.07) is 3.82. The maximum atomic E-state index is 12.2. The lowest BCUT2D eigenvalue weighted by Gasteiger charge is -2.10. The van der Waals surface area contributed by atoms with Crippen molar-refractivity contribution in [3.8, 4) is 0 Å². The number of anilines is 1. The number of hydrogen-bond donors (Lipinski definition) is 3. The number of nitrogen functional groups attached to an aromatic ring is 1. The summed E-state index contributed by atoms with van der Waals surface area (Å²) >= 11 is 0. The maximum absolute atomic E-state index is 12.2. The van der Waals surface area contributed by atoms with Crippen molar-refractivity contribution in [1.82, 2.24) is 25.3 Å². The number of ether oxygens (including phenoxy) is 1. The Labute approximate surface area is 119 Å². The van der Waals surface area contributed by atoms with E-state index in [1.165, 1.54) is 18.2 Å². The molecule has 0 amide bonds. The predicted molar refractivity (Wildman–Crippen MR) is 70.4 cm³/mol. The van der Waals surface area contributed by atoms with Crippen molar-refractivity contribution in [1.29, 1.82) is 0 Å². The van der Waals surface area contributed by atoms with Crippen molar-refractivity contribution in [2.75, 3.05) is 12.8 Å². The smallest absolute Gasteiger partial charge is 0.339 e. The molecule has 0 atom stereocenters. The molecule has 2 aromatic rings. The van der Waals surface area contributed by atoms with E-state index >= 15 is 0 Å². The molecule has 21 heavy (non-hydrogen) atoms. The molecule has 10 nitrogen and oxygen atoms in total. The van der Waals surface area contributed by atoms with E-state index < -0.39 is 16.0 Å². The molecule has 0 unspecified atom stereocenters. The minimum Gasteiger partial charge on any atom is -0.465 e. The molecule has 4 N–H and O–H groups in total. The molecule has 112 valence electrons. The van der Waals surface area contributed by atoms with Gasteiger partial charge in [-0.1, -0.05) is 5.21 Å². The van der Waals surface area contributed by atoms with Crippen LogP contribution in [-0.2, 0) is 21.3 Å². The lowest BCUT2D eigenvalue weighted by molar-refractivity contribution is 0.0596. The van der Waals surface area contributed by atoms with Crippen LogP contribution in [0.15, 0.2) is 23.1 Å². The Morgan fingerprint density at radius 3 is 2.86 bits per heavy atom. The highest BCUT2D eigenvalue weighted by Gasteiger charge is 2.23. The molecule has 1 aromatic carbocycles. The summed E-state index contributed by atoms with van der Waals surface area (Å²) in [6.07, 6.45) is 0. The van der Waals surface area contributed by atoms with Crippen molar-refractivity contribution in [2.45, 2.75) is 11.4 Å². The van der Waals surface area contributed by atoms with Crippen LogP contribution >= 0.6 is 0 Å². The van der Waals surface area contributed by atoms with Gasteiger partial charge in [-0.05, 0) is 18.2 Å². The van der Waals surface area contributed by atoms with E-state index in [-0.39, 0.29) is 28.5 Å². The molecule has 0 aliphatic rings. The zero-order valence-corrected chi connectivity index (χ0v) is 11.7. The number of nitrogens with two attached hydrogens (primary N) is 1. The van der Waals surface area contributed by atoms with Crippen LogP contribution in [0.5, 0.6) is 0 Å². The fourth-order valence-corrected chi connectivity index (χ4v) is 2.70. The average molecular weight is 312 g/mol. The van der Waals surface area contributed by atoms with Crippen LogP contribution < -0.4 is 10.5 Å². The number of hydrogen-bond acceptors (Lipinski definition) is 8. The molecule has 2 rings (SSSR count). The summed E-state index contributed by atoms with van der Waals surface area (Å²) in [7, 11) is -2.82. The molecular formula is C10H12N6O4S. The van der Waals surface area contributed by atoms with Gasteiger partial charge in [0.2, 0.25) is 10.0 Å². The number of tetrazole rings is 1. The van der Waals surface area contributed by atoms with Gasteiger partial charge >= 0.3 is 5.97 Å². The van der Waals surface area contributed by atoms with E-state index in [9.17, 15) is 13.2 Å². The fraction of sp³-hybridized carbons (Fsp3) is 0.200. The first kappa shape index (κ1) is 14.9. The van der Waals surface area contributed by atoms with E-state index in [1.807, 2.05) is 0 Å². The molecule has 0 spiro atoms. The molecule has 0 aliphatic carbocycles. The summed E-state index contributed by atoms with van der Waals surface area (Å²) in [5.74, 6) is -0.643. The van der Waals surface area contributed by atoms with Crippen molar-refractivity contribution < 1.29 is 17.9 Å². The van der Waals surface area contributed by atoms with Gasteiger partial charge in [0.05, 0.1) is 24.1 Å². The summed E-state index contributed by atoms with van der Waals surface area (Å²) in [6.45, 7) is -0.177. The Hall–Kier alpha value is -2.53. The molecule has 0 saturated heterocycles.